The molecule has 4 aromatic heterocycles. The van der Waals surface area contributed by atoms with Gasteiger partial charge in [0.1, 0.15) is 11.3 Å². The average molecular weight is 1040 g/mol. The van der Waals surface area contributed by atoms with Crippen LogP contribution in [-0.2, 0) is 0 Å². The van der Waals surface area contributed by atoms with E-state index in [1.165, 1.54) is 137 Å². The molecule has 0 aliphatic heterocycles. The summed E-state index contributed by atoms with van der Waals surface area (Å²) in [5.74, 6) is 12.8. The van der Waals surface area contributed by atoms with Crippen LogP contribution in [0, 0.1) is 43.9 Å². The van der Waals surface area contributed by atoms with Gasteiger partial charge < -0.3 is 0 Å². The number of aromatic nitrogens is 4. The molecule has 0 aliphatic rings. The van der Waals surface area contributed by atoms with Crippen molar-refractivity contribution in [3.05, 3.63) is 125 Å². The van der Waals surface area contributed by atoms with Gasteiger partial charge in [0.25, 0.3) is 22.5 Å². The van der Waals surface area contributed by atoms with Gasteiger partial charge in [-0.25, -0.2) is 9.97 Å². The topological polar surface area (TPSA) is 155 Å². The Bertz CT molecular complexity index is 4040. The van der Waals surface area contributed by atoms with Crippen LogP contribution in [0.4, 0.5) is 11.4 Å². The molecular weight excluding hydrogens is 973 g/mol. The highest BCUT2D eigenvalue weighted by molar-refractivity contribution is 6.40. The van der Waals surface area contributed by atoms with Crippen molar-refractivity contribution in [2.24, 2.45) is 0 Å². The lowest BCUT2D eigenvalue weighted by Crippen LogP contribution is -2.14. The molecule has 11 rings (SSSR count). The molecule has 0 N–H and O–H groups in total. The zero-order valence-electron chi connectivity index (χ0n) is 45.0. The summed E-state index contributed by atoms with van der Waals surface area (Å²) in [7, 11) is 0. The molecule has 4 heterocycles. The van der Waals surface area contributed by atoms with Gasteiger partial charge in [0.15, 0.2) is 11.0 Å². The normalized spacial score (nSPS) is 12.0. The van der Waals surface area contributed by atoms with E-state index in [4.69, 9.17) is 9.97 Å². The van der Waals surface area contributed by atoms with Crippen molar-refractivity contribution < 1.29 is 9.85 Å². The van der Waals surface area contributed by atoms with Crippen LogP contribution in [0.5, 0.6) is 0 Å². The van der Waals surface area contributed by atoms with Crippen LogP contribution in [0.15, 0.2) is 82.4 Å². The number of imidazole rings is 2. The molecule has 0 amide bonds. The van der Waals surface area contributed by atoms with Gasteiger partial charge in [0.05, 0.1) is 20.9 Å². The van der Waals surface area contributed by atoms with Gasteiger partial charge in [-0.15, -0.1) is 0 Å². The summed E-state index contributed by atoms with van der Waals surface area (Å²) in [6.07, 6.45) is 28.7. The molecule has 11 aromatic rings. The third kappa shape index (κ3) is 9.65. The van der Waals surface area contributed by atoms with Crippen LogP contribution < -0.4 is 11.1 Å². The fourth-order valence-electron chi connectivity index (χ4n) is 12.5. The number of nitro benzene ring substituents is 2. The molecule has 7 aromatic carbocycles. The van der Waals surface area contributed by atoms with Crippen LogP contribution in [0.2, 0.25) is 0 Å². The lowest BCUT2D eigenvalue weighted by Gasteiger charge is -2.18. The first-order valence-corrected chi connectivity index (χ1v) is 28.9. The minimum Gasteiger partial charge on any atom is -0.268 e. The number of nitro groups is 2. The van der Waals surface area contributed by atoms with Gasteiger partial charge in [-0.2, -0.15) is 0 Å². The first-order chi connectivity index (χ1) is 38.2. The summed E-state index contributed by atoms with van der Waals surface area (Å²) in [5.41, 5.74) is 1.44. The van der Waals surface area contributed by atoms with Crippen molar-refractivity contribution in [3.63, 3.8) is 0 Å². The molecule has 0 atom stereocenters. The van der Waals surface area contributed by atoms with E-state index in [2.05, 4.69) is 37.5 Å². The van der Waals surface area contributed by atoms with Gasteiger partial charge >= 0.3 is 0 Å². The number of fused-ring (bicyclic) bond motifs is 10. The molecule has 0 saturated heterocycles. The molecule has 12 nitrogen and oxygen atoms in total. The number of rotatable bonds is 24. The van der Waals surface area contributed by atoms with Crippen molar-refractivity contribution in [2.75, 3.05) is 0 Å². The van der Waals surface area contributed by atoms with Gasteiger partial charge in [0, 0.05) is 68.4 Å². The maximum Gasteiger partial charge on any atom is 0.298 e. The minimum atomic E-state index is -0.452. The van der Waals surface area contributed by atoms with E-state index >= 15 is 0 Å². The maximum absolute atomic E-state index is 14.8. The van der Waals surface area contributed by atoms with Crippen molar-refractivity contribution >= 4 is 109 Å². The molecule has 0 aliphatic carbocycles. The molecule has 0 saturated carbocycles. The van der Waals surface area contributed by atoms with Crippen molar-refractivity contribution in [1.29, 1.82) is 0 Å². The van der Waals surface area contributed by atoms with Gasteiger partial charge in [-0.05, 0) is 81.6 Å². The zero-order valence-corrected chi connectivity index (χ0v) is 45.0. The van der Waals surface area contributed by atoms with Crippen LogP contribution in [0.1, 0.15) is 179 Å². The largest absolute Gasteiger partial charge is 0.298 e. The first kappa shape index (κ1) is 52.1. The zero-order chi connectivity index (χ0) is 53.9. The van der Waals surface area contributed by atoms with E-state index in [9.17, 15) is 29.8 Å². The summed E-state index contributed by atoms with van der Waals surface area (Å²) in [5, 5.41) is 34.1. The molecule has 0 bridgehead atoms. The van der Waals surface area contributed by atoms with E-state index in [0.717, 1.165) is 58.0 Å². The van der Waals surface area contributed by atoms with Gasteiger partial charge in [-0.1, -0.05) is 190 Å². The third-order valence-electron chi connectivity index (χ3n) is 16.4. The standard InChI is InChI=1S/C66H66N6O6/c1-3-5-7-9-11-13-15-17-19-21-23-25-27-29-43-39-53-61(55(41-43)71(75)76)67-63-49-35-31-45-46-32-36-50-60-52(38-34-48(58(46)60)47-33-37-51(59(49)57(45)47)65(73)69(53)63)66(74)70-54-40-44(42-56(72(77)78)62(54)68-64(50)70)30-28-26-24-22-20-18-16-14-12-10-8-6-4-2/h31-42H,3-26H2,1-2H3. The van der Waals surface area contributed by atoms with E-state index in [0.29, 0.717) is 78.6 Å². The summed E-state index contributed by atoms with van der Waals surface area (Å²) in [6, 6.07) is 21.8. The fourth-order valence-corrected chi connectivity index (χ4v) is 12.5. The molecule has 396 valence electrons. The van der Waals surface area contributed by atoms with Crippen LogP contribution >= 0.6 is 0 Å². The van der Waals surface area contributed by atoms with Crippen molar-refractivity contribution in [3.8, 4) is 23.7 Å². The molecule has 0 spiro atoms. The Morgan fingerprint density at radius 2 is 0.705 bits per heavy atom. The summed E-state index contributed by atoms with van der Waals surface area (Å²) in [4.78, 5) is 63.8. The quantitative estimate of drug-likeness (QED) is 0.0145. The lowest BCUT2D eigenvalue weighted by molar-refractivity contribution is -0.383. The highest BCUT2D eigenvalue weighted by Gasteiger charge is 2.27. The molecular formula is C66H66N6O6. The Labute approximate surface area is 452 Å². The monoisotopic (exact) mass is 1040 g/mol. The number of hydrogen-bond donors (Lipinski definition) is 0. The summed E-state index contributed by atoms with van der Waals surface area (Å²) >= 11 is 0. The van der Waals surface area contributed by atoms with Crippen molar-refractivity contribution in [2.45, 2.75) is 168 Å². The molecule has 0 radical (unpaired) electrons. The van der Waals surface area contributed by atoms with Crippen LogP contribution in [-0.4, -0.2) is 28.6 Å². The van der Waals surface area contributed by atoms with Crippen molar-refractivity contribution in [1.82, 2.24) is 18.8 Å². The molecule has 0 fully saturated rings. The number of hydrogen-bond acceptors (Lipinski definition) is 8. The smallest absolute Gasteiger partial charge is 0.268 e. The number of pyridine rings is 2. The Balaban J connectivity index is 0.915. The highest BCUT2D eigenvalue weighted by atomic mass is 16.6. The minimum absolute atomic E-state index is 0.126. The Hall–Kier alpha value is -7.96. The third-order valence-corrected chi connectivity index (χ3v) is 16.4. The summed E-state index contributed by atoms with van der Waals surface area (Å²) < 4.78 is 2.99. The predicted molar refractivity (Wildman–Crippen MR) is 319 cm³/mol. The number of benzene rings is 7. The molecule has 78 heavy (non-hydrogen) atoms. The van der Waals surface area contributed by atoms with Gasteiger partial charge in [0.2, 0.25) is 0 Å². The number of non-ortho nitro benzene ring substituents is 2. The van der Waals surface area contributed by atoms with E-state index < -0.39 is 9.85 Å². The lowest BCUT2D eigenvalue weighted by atomic mass is 9.86. The van der Waals surface area contributed by atoms with Gasteiger partial charge in [-0.3, -0.25) is 38.6 Å². The highest BCUT2D eigenvalue weighted by Crippen LogP contribution is 2.46. The van der Waals surface area contributed by atoms with E-state index in [1.54, 1.807) is 12.1 Å². The van der Waals surface area contributed by atoms with E-state index in [1.807, 2.05) is 48.5 Å². The maximum atomic E-state index is 14.8. The molecule has 0 unspecified atom stereocenters. The fraction of sp³-hybridized carbons (Fsp3) is 0.394. The molecule has 12 heteroatoms. The van der Waals surface area contributed by atoms with Crippen LogP contribution in [0.3, 0.4) is 0 Å². The predicted octanol–water partition coefficient (Wildman–Crippen LogP) is 17.2. The van der Waals surface area contributed by atoms with Crippen LogP contribution in [0.25, 0.3) is 98.0 Å². The Kier molecular flexibility index (Phi) is 15.3. The average Bonchev–Trinajstić information content (AvgIpc) is 4.20. The second-order valence-electron chi connectivity index (χ2n) is 21.7. The summed E-state index contributed by atoms with van der Waals surface area (Å²) in [6.45, 7) is 4.49. The number of unbranched alkanes of at least 4 members (excludes halogenated alkanes) is 22. The second-order valence-corrected chi connectivity index (χ2v) is 21.7. The number of nitrogens with zero attached hydrogens (tertiary/aromatic N) is 6. The Morgan fingerprint density at radius 1 is 0.410 bits per heavy atom. The first-order valence-electron chi connectivity index (χ1n) is 28.9. The van der Waals surface area contributed by atoms with E-state index in [-0.39, 0.29) is 33.5 Å². The second kappa shape index (κ2) is 22.9. The SMILES string of the molecule is CCCCCCCCCCCCCC#Cc1cc([N+](=O)[O-])c2nc3c4ccc5c6ccc7c8c(ccc(c9ccc(c(=O)n3c2c1)c4c95)c68)c(=O)n1c2cc(C#CCCCCCCCCCCCCC)cc([N+](=O)[O-])c2nc71. The Morgan fingerprint density at radius 3 is 1.04 bits per heavy atom.